The van der Waals surface area contributed by atoms with Crippen molar-refractivity contribution < 1.29 is 0 Å². The van der Waals surface area contributed by atoms with Crippen LogP contribution in [0.1, 0.15) is 25.8 Å². The average molecular weight is 193 g/mol. The van der Waals surface area contributed by atoms with Gasteiger partial charge in [0.2, 0.25) is 0 Å². The van der Waals surface area contributed by atoms with Gasteiger partial charge in [0.05, 0.1) is 0 Å². The summed E-state index contributed by atoms with van der Waals surface area (Å²) in [5, 5.41) is 6.56. The SMILES string of the molecule is CCCNCc1ccnc(NCC)c1. The average Bonchev–Trinajstić information content (AvgIpc) is 2.19. The van der Waals surface area contributed by atoms with E-state index in [0.29, 0.717) is 0 Å². The minimum absolute atomic E-state index is 0.916. The first-order valence-electron chi connectivity index (χ1n) is 5.26. The van der Waals surface area contributed by atoms with Crippen LogP contribution in [0.25, 0.3) is 0 Å². The number of anilines is 1. The van der Waals surface area contributed by atoms with E-state index in [0.717, 1.165) is 25.5 Å². The van der Waals surface area contributed by atoms with E-state index in [1.165, 1.54) is 12.0 Å². The highest BCUT2D eigenvalue weighted by Gasteiger charge is 1.95. The van der Waals surface area contributed by atoms with Gasteiger partial charge in [-0.3, -0.25) is 0 Å². The van der Waals surface area contributed by atoms with Crippen molar-refractivity contribution in [1.82, 2.24) is 10.3 Å². The topological polar surface area (TPSA) is 37.0 Å². The van der Waals surface area contributed by atoms with Gasteiger partial charge in [0, 0.05) is 19.3 Å². The Hall–Kier alpha value is -1.09. The van der Waals surface area contributed by atoms with Gasteiger partial charge in [0.1, 0.15) is 5.82 Å². The molecule has 0 aromatic carbocycles. The van der Waals surface area contributed by atoms with Crippen LogP contribution < -0.4 is 10.6 Å². The maximum atomic E-state index is 4.22. The second kappa shape index (κ2) is 6.38. The van der Waals surface area contributed by atoms with Crippen molar-refractivity contribution in [2.75, 3.05) is 18.4 Å². The molecule has 3 nitrogen and oxygen atoms in total. The first-order valence-corrected chi connectivity index (χ1v) is 5.26. The molecule has 1 aromatic rings. The van der Waals surface area contributed by atoms with Crippen LogP contribution in [0.4, 0.5) is 5.82 Å². The second-order valence-corrected chi connectivity index (χ2v) is 3.26. The Morgan fingerprint density at radius 1 is 1.36 bits per heavy atom. The predicted molar refractivity (Wildman–Crippen MR) is 60.4 cm³/mol. The van der Waals surface area contributed by atoms with E-state index in [4.69, 9.17) is 0 Å². The highest BCUT2D eigenvalue weighted by molar-refractivity contribution is 5.37. The van der Waals surface area contributed by atoms with Crippen molar-refractivity contribution in [3.63, 3.8) is 0 Å². The van der Waals surface area contributed by atoms with Gasteiger partial charge in [-0.05, 0) is 37.6 Å². The smallest absolute Gasteiger partial charge is 0.126 e. The molecule has 1 heterocycles. The maximum Gasteiger partial charge on any atom is 0.126 e. The summed E-state index contributed by atoms with van der Waals surface area (Å²) >= 11 is 0. The van der Waals surface area contributed by atoms with Gasteiger partial charge in [-0.15, -0.1) is 0 Å². The molecule has 2 N–H and O–H groups in total. The number of rotatable bonds is 6. The van der Waals surface area contributed by atoms with E-state index in [2.05, 4.69) is 35.5 Å². The first-order chi connectivity index (χ1) is 6.86. The summed E-state index contributed by atoms with van der Waals surface area (Å²) in [6, 6.07) is 4.13. The van der Waals surface area contributed by atoms with Crippen molar-refractivity contribution in [2.24, 2.45) is 0 Å². The predicted octanol–water partition coefficient (Wildman–Crippen LogP) is 2.01. The van der Waals surface area contributed by atoms with Crippen LogP contribution in [0.2, 0.25) is 0 Å². The molecule has 78 valence electrons. The summed E-state index contributed by atoms with van der Waals surface area (Å²) in [6.45, 7) is 7.15. The van der Waals surface area contributed by atoms with E-state index in [-0.39, 0.29) is 0 Å². The molecule has 0 fully saturated rings. The molecule has 1 rings (SSSR count). The number of pyridine rings is 1. The highest BCUT2D eigenvalue weighted by Crippen LogP contribution is 2.05. The Labute approximate surface area is 85.9 Å². The molecule has 0 saturated heterocycles. The fraction of sp³-hybridized carbons (Fsp3) is 0.545. The van der Waals surface area contributed by atoms with Crippen molar-refractivity contribution in [2.45, 2.75) is 26.8 Å². The van der Waals surface area contributed by atoms with Gasteiger partial charge in [-0.25, -0.2) is 4.98 Å². The number of hydrogen-bond donors (Lipinski definition) is 2. The lowest BCUT2D eigenvalue weighted by atomic mass is 10.2. The molecule has 0 amide bonds. The van der Waals surface area contributed by atoms with Crippen LogP contribution in [0.5, 0.6) is 0 Å². The number of hydrogen-bond acceptors (Lipinski definition) is 3. The molecule has 14 heavy (non-hydrogen) atoms. The van der Waals surface area contributed by atoms with E-state index < -0.39 is 0 Å². The molecule has 1 aromatic heterocycles. The van der Waals surface area contributed by atoms with Crippen LogP contribution >= 0.6 is 0 Å². The molecule has 3 heteroatoms. The molecule has 0 spiro atoms. The fourth-order valence-corrected chi connectivity index (χ4v) is 1.27. The van der Waals surface area contributed by atoms with Crippen LogP contribution in [-0.2, 0) is 6.54 Å². The van der Waals surface area contributed by atoms with Gasteiger partial charge in [-0.2, -0.15) is 0 Å². The third-order valence-electron chi connectivity index (χ3n) is 1.94. The third kappa shape index (κ3) is 3.75. The molecular formula is C11H19N3. The summed E-state index contributed by atoms with van der Waals surface area (Å²) in [4.78, 5) is 4.22. The highest BCUT2D eigenvalue weighted by atomic mass is 15.0. The molecule has 0 bridgehead atoms. The van der Waals surface area contributed by atoms with Crippen LogP contribution in [0, 0.1) is 0 Å². The first kappa shape index (κ1) is 11.0. The van der Waals surface area contributed by atoms with E-state index in [1.807, 2.05) is 12.3 Å². The summed E-state index contributed by atoms with van der Waals surface area (Å²) < 4.78 is 0. The lowest BCUT2D eigenvalue weighted by Gasteiger charge is -2.06. The van der Waals surface area contributed by atoms with Crippen LogP contribution in [0.3, 0.4) is 0 Å². The lowest BCUT2D eigenvalue weighted by molar-refractivity contribution is 0.675. The molecular weight excluding hydrogens is 174 g/mol. The molecule has 0 aliphatic heterocycles. The zero-order valence-corrected chi connectivity index (χ0v) is 9.01. The fourth-order valence-electron chi connectivity index (χ4n) is 1.27. The Morgan fingerprint density at radius 3 is 2.93 bits per heavy atom. The van der Waals surface area contributed by atoms with Gasteiger partial charge >= 0.3 is 0 Å². The van der Waals surface area contributed by atoms with Gasteiger partial charge in [0.25, 0.3) is 0 Å². The summed E-state index contributed by atoms with van der Waals surface area (Å²) in [6.07, 6.45) is 3.02. The van der Waals surface area contributed by atoms with E-state index in [1.54, 1.807) is 0 Å². The standard InChI is InChI=1S/C11H19N3/c1-3-6-12-9-10-5-7-14-11(8-10)13-4-2/h5,7-8,12H,3-4,6,9H2,1-2H3,(H,13,14). The minimum atomic E-state index is 0.916. The molecule has 0 unspecified atom stereocenters. The van der Waals surface area contributed by atoms with Gasteiger partial charge < -0.3 is 10.6 Å². The Balaban J connectivity index is 2.46. The Kier molecular flexibility index (Phi) is 5.00. The number of aromatic nitrogens is 1. The number of nitrogens with zero attached hydrogens (tertiary/aromatic N) is 1. The van der Waals surface area contributed by atoms with Crippen LogP contribution in [0.15, 0.2) is 18.3 Å². The normalized spacial score (nSPS) is 10.1. The van der Waals surface area contributed by atoms with E-state index >= 15 is 0 Å². The molecule has 0 aliphatic carbocycles. The van der Waals surface area contributed by atoms with Crippen molar-refractivity contribution >= 4 is 5.82 Å². The van der Waals surface area contributed by atoms with Gasteiger partial charge in [-0.1, -0.05) is 6.92 Å². The zero-order valence-electron chi connectivity index (χ0n) is 9.01. The van der Waals surface area contributed by atoms with Crippen LogP contribution in [-0.4, -0.2) is 18.1 Å². The van der Waals surface area contributed by atoms with Crippen molar-refractivity contribution in [3.05, 3.63) is 23.9 Å². The summed E-state index contributed by atoms with van der Waals surface area (Å²) in [7, 11) is 0. The Morgan fingerprint density at radius 2 is 2.21 bits per heavy atom. The minimum Gasteiger partial charge on any atom is -0.370 e. The summed E-state index contributed by atoms with van der Waals surface area (Å²) in [5.74, 6) is 0.961. The number of nitrogens with one attached hydrogen (secondary N) is 2. The molecule has 0 aliphatic rings. The third-order valence-corrected chi connectivity index (χ3v) is 1.94. The monoisotopic (exact) mass is 193 g/mol. The van der Waals surface area contributed by atoms with Gasteiger partial charge in [0.15, 0.2) is 0 Å². The maximum absolute atomic E-state index is 4.22. The quantitative estimate of drug-likeness (QED) is 0.679. The molecule has 0 radical (unpaired) electrons. The molecule has 0 saturated carbocycles. The largest absolute Gasteiger partial charge is 0.370 e. The second-order valence-electron chi connectivity index (χ2n) is 3.26. The zero-order chi connectivity index (χ0) is 10.2. The lowest BCUT2D eigenvalue weighted by Crippen LogP contribution is -2.14. The van der Waals surface area contributed by atoms with Crippen molar-refractivity contribution in [1.29, 1.82) is 0 Å². The van der Waals surface area contributed by atoms with Crippen molar-refractivity contribution in [3.8, 4) is 0 Å². The molecule has 0 atom stereocenters. The van der Waals surface area contributed by atoms with E-state index in [9.17, 15) is 0 Å². The summed E-state index contributed by atoms with van der Waals surface area (Å²) in [5.41, 5.74) is 1.28. The Bertz CT molecular complexity index is 260.